The molecule has 104 valence electrons. The fraction of sp³-hybridized carbons (Fsp3) is 0.154. The smallest absolute Gasteiger partial charge is 0.409 e. The molecule has 2 rings (SSSR count). The SMILES string of the molecule is CCOc1cc(Cl)nc(-c2ccccc2NC(=O)O)n1. The van der Waals surface area contributed by atoms with E-state index in [4.69, 9.17) is 21.4 Å². The lowest BCUT2D eigenvalue weighted by Gasteiger charge is -2.09. The summed E-state index contributed by atoms with van der Waals surface area (Å²) >= 11 is 5.93. The zero-order chi connectivity index (χ0) is 14.5. The van der Waals surface area contributed by atoms with E-state index in [1.165, 1.54) is 6.07 Å². The summed E-state index contributed by atoms with van der Waals surface area (Å²) in [5.74, 6) is 0.637. The minimum Gasteiger partial charge on any atom is -0.478 e. The third-order valence-electron chi connectivity index (χ3n) is 2.37. The first-order chi connectivity index (χ1) is 9.60. The number of para-hydroxylation sites is 1. The van der Waals surface area contributed by atoms with Crippen LogP contribution in [0.2, 0.25) is 5.15 Å². The minimum atomic E-state index is -1.16. The summed E-state index contributed by atoms with van der Waals surface area (Å²) in [6.07, 6.45) is -1.16. The van der Waals surface area contributed by atoms with Crippen LogP contribution in [0.25, 0.3) is 11.4 Å². The number of carbonyl (C=O) groups is 1. The summed E-state index contributed by atoms with van der Waals surface area (Å²) in [5, 5.41) is 11.4. The molecule has 2 aromatic rings. The van der Waals surface area contributed by atoms with Crippen LogP contribution in [0.15, 0.2) is 30.3 Å². The normalized spacial score (nSPS) is 10.1. The van der Waals surface area contributed by atoms with E-state index in [1.54, 1.807) is 24.3 Å². The van der Waals surface area contributed by atoms with E-state index in [1.807, 2.05) is 6.92 Å². The Balaban J connectivity index is 2.47. The number of amides is 1. The van der Waals surface area contributed by atoms with Gasteiger partial charge in [-0.05, 0) is 19.1 Å². The molecule has 7 heteroatoms. The number of hydrogen-bond donors (Lipinski definition) is 2. The molecule has 2 N–H and O–H groups in total. The van der Waals surface area contributed by atoms with Gasteiger partial charge in [-0.3, -0.25) is 5.32 Å². The van der Waals surface area contributed by atoms with Crippen molar-refractivity contribution in [1.82, 2.24) is 9.97 Å². The predicted molar refractivity (Wildman–Crippen MR) is 75.3 cm³/mol. The number of benzene rings is 1. The van der Waals surface area contributed by atoms with Crippen LogP contribution in [0, 0.1) is 0 Å². The molecule has 0 radical (unpaired) electrons. The van der Waals surface area contributed by atoms with E-state index in [2.05, 4.69) is 15.3 Å². The molecule has 20 heavy (non-hydrogen) atoms. The highest BCUT2D eigenvalue weighted by atomic mass is 35.5. The van der Waals surface area contributed by atoms with Crippen molar-refractivity contribution in [3.05, 3.63) is 35.5 Å². The van der Waals surface area contributed by atoms with Crippen LogP contribution in [0.5, 0.6) is 5.88 Å². The standard InChI is InChI=1S/C13H12ClN3O3/c1-2-20-11-7-10(14)16-12(17-11)8-5-3-4-6-9(8)15-13(18)19/h3-7,15H,2H2,1H3,(H,18,19). The van der Waals surface area contributed by atoms with Gasteiger partial charge < -0.3 is 9.84 Å². The Morgan fingerprint density at radius 1 is 1.40 bits per heavy atom. The molecule has 1 aromatic heterocycles. The maximum absolute atomic E-state index is 10.8. The van der Waals surface area contributed by atoms with Gasteiger partial charge in [0.05, 0.1) is 12.3 Å². The minimum absolute atomic E-state index is 0.226. The molecule has 0 aliphatic rings. The van der Waals surface area contributed by atoms with Crippen molar-refractivity contribution >= 4 is 23.4 Å². The highest BCUT2D eigenvalue weighted by Crippen LogP contribution is 2.27. The molecule has 1 amide bonds. The molecule has 0 atom stereocenters. The molecule has 0 unspecified atom stereocenters. The first kappa shape index (κ1) is 14.1. The lowest BCUT2D eigenvalue weighted by Crippen LogP contribution is -2.09. The quantitative estimate of drug-likeness (QED) is 0.845. The Labute approximate surface area is 120 Å². The van der Waals surface area contributed by atoms with Gasteiger partial charge in [0.1, 0.15) is 5.15 Å². The fourth-order valence-corrected chi connectivity index (χ4v) is 1.81. The molecule has 6 nitrogen and oxygen atoms in total. The second kappa shape index (κ2) is 6.21. The zero-order valence-electron chi connectivity index (χ0n) is 10.6. The number of rotatable bonds is 4. The van der Waals surface area contributed by atoms with Crippen molar-refractivity contribution in [2.24, 2.45) is 0 Å². The van der Waals surface area contributed by atoms with Crippen molar-refractivity contribution < 1.29 is 14.6 Å². The third kappa shape index (κ3) is 3.36. The van der Waals surface area contributed by atoms with Crippen molar-refractivity contribution in [2.45, 2.75) is 6.92 Å². The monoisotopic (exact) mass is 293 g/mol. The first-order valence-corrected chi connectivity index (χ1v) is 6.24. The molecule has 0 aliphatic heterocycles. The summed E-state index contributed by atoms with van der Waals surface area (Å²) in [5.41, 5.74) is 0.906. The third-order valence-corrected chi connectivity index (χ3v) is 2.57. The number of hydrogen-bond acceptors (Lipinski definition) is 4. The molecule has 0 fully saturated rings. The van der Waals surface area contributed by atoms with Gasteiger partial charge in [0, 0.05) is 11.6 Å². The van der Waals surface area contributed by atoms with E-state index in [0.717, 1.165) is 0 Å². The lowest BCUT2D eigenvalue weighted by atomic mass is 10.1. The summed E-state index contributed by atoms with van der Waals surface area (Å²) < 4.78 is 5.30. The second-order valence-electron chi connectivity index (χ2n) is 3.76. The molecule has 0 aliphatic carbocycles. The van der Waals surface area contributed by atoms with Crippen molar-refractivity contribution in [3.8, 4) is 17.3 Å². The average Bonchev–Trinajstić information content (AvgIpc) is 2.38. The van der Waals surface area contributed by atoms with E-state index in [9.17, 15) is 4.79 Å². The highest BCUT2D eigenvalue weighted by molar-refractivity contribution is 6.29. The Morgan fingerprint density at radius 3 is 2.85 bits per heavy atom. The summed E-state index contributed by atoms with van der Waals surface area (Å²) in [6.45, 7) is 2.28. The number of halogens is 1. The van der Waals surface area contributed by atoms with Gasteiger partial charge in [-0.1, -0.05) is 23.7 Å². The van der Waals surface area contributed by atoms with Gasteiger partial charge in [0.2, 0.25) is 5.88 Å². The Hall–Kier alpha value is -2.34. The van der Waals surface area contributed by atoms with Crippen LogP contribution in [0.3, 0.4) is 0 Å². The van der Waals surface area contributed by atoms with E-state index in [0.29, 0.717) is 29.6 Å². The second-order valence-corrected chi connectivity index (χ2v) is 4.15. The van der Waals surface area contributed by atoms with Crippen LogP contribution in [-0.2, 0) is 0 Å². The Morgan fingerprint density at radius 2 is 2.15 bits per heavy atom. The first-order valence-electron chi connectivity index (χ1n) is 5.87. The molecule has 0 saturated carbocycles. The summed E-state index contributed by atoms with van der Waals surface area (Å²) in [6, 6.07) is 8.29. The van der Waals surface area contributed by atoms with Crippen LogP contribution in [0.1, 0.15) is 6.92 Å². The van der Waals surface area contributed by atoms with Crippen molar-refractivity contribution in [2.75, 3.05) is 11.9 Å². The van der Waals surface area contributed by atoms with Gasteiger partial charge in [0.15, 0.2) is 5.82 Å². The van der Waals surface area contributed by atoms with Gasteiger partial charge in [-0.25, -0.2) is 9.78 Å². The van der Waals surface area contributed by atoms with Crippen LogP contribution in [0.4, 0.5) is 10.5 Å². The van der Waals surface area contributed by atoms with Crippen LogP contribution in [-0.4, -0.2) is 27.8 Å². The fourth-order valence-electron chi connectivity index (χ4n) is 1.64. The number of carboxylic acid groups (broad SMARTS) is 1. The van der Waals surface area contributed by atoms with Crippen molar-refractivity contribution in [1.29, 1.82) is 0 Å². The number of nitrogens with one attached hydrogen (secondary N) is 1. The molecule has 0 bridgehead atoms. The predicted octanol–water partition coefficient (Wildman–Crippen LogP) is 3.29. The molecular formula is C13H12ClN3O3. The summed E-state index contributed by atoms with van der Waals surface area (Å²) in [7, 11) is 0. The average molecular weight is 294 g/mol. The molecule has 0 saturated heterocycles. The van der Waals surface area contributed by atoms with Crippen LogP contribution >= 0.6 is 11.6 Å². The van der Waals surface area contributed by atoms with Crippen LogP contribution < -0.4 is 10.1 Å². The zero-order valence-corrected chi connectivity index (χ0v) is 11.4. The molecule has 0 spiro atoms. The van der Waals surface area contributed by atoms with Gasteiger partial charge in [-0.15, -0.1) is 0 Å². The maximum atomic E-state index is 10.8. The number of aromatic nitrogens is 2. The van der Waals surface area contributed by atoms with Gasteiger partial charge in [-0.2, -0.15) is 4.98 Å². The van der Waals surface area contributed by atoms with E-state index >= 15 is 0 Å². The maximum Gasteiger partial charge on any atom is 0.409 e. The number of anilines is 1. The molecule has 1 heterocycles. The number of ether oxygens (including phenoxy) is 1. The van der Waals surface area contributed by atoms with E-state index in [-0.39, 0.29) is 5.15 Å². The van der Waals surface area contributed by atoms with Gasteiger partial charge >= 0.3 is 6.09 Å². The Bertz CT molecular complexity index is 634. The highest BCUT2D eigenvalue weighted by Gasteiger charge is 2.12. The molecular weight excluding hydrogens is 282 g/mol. The summed E-state index contributed by atoms with van der Waals surface area (Å²) in [4.78, 5) is 19.1. The van der Waals surface area contributed by atoms with Crippen molar-refractivity contribution in [3.63, 3.8) is 0 Å². The topological polar surface area (TPSA) is 84.3 Å². The lowest BCUT2D eigenvalue weighted by molar-refractivity contribution is 0.210. The molecule has 1 aromatic carbocycles. The number of nitrogens with zero attached hydrogens (tertiary/aromatic N) is 2. The van der Waals surface area contributed by atoms with Gasteiger partial charge in [0.25, 0.3) is 0 Å². The van der Waals surface area contributed by atoms with E-state index < -0.39 is 6.09 Å². The largest absolute Gasteiger partial charge is 0.478 e. The Kier molecular flexibility index (Phi) is 4.37.